The van der Waals surface area contributed by atoms with Gasteiger partial charge >= 0.3 is 5.97 Å². The van der Waals surface area contributed by atoms with Crippen LogP contribution in [-0.4, -0.2) is 27.0 Å². The Hall–Kier alpha value is -3.60. The maximum absolute atomic E-state index is 13.1. The lowest BCUT2D eigenvalue weighted by atomic mass is 10.0. The van der Waals surface area contributed by atoms with Crippen molar-refractivity contribution >= 4 is 11.9 Å². The average Bonchev–Trinajstić information content (AvgIpc) is 2.89. The number of hydrogen-bond acceptors (Lipinski definition) is 3. The Morgan fingerprint density at radius 2 is 1.28 bits per heavy atom. The second kappa shape index (κ2) is 13.5. The number of amides is 1. The molecule has 3 aromatic carbocycles. The fourth-order valence-corrected chi connectivity index (χ4v) is 4.26. The Balaban J connectivity index is 1.75. The molecule has 5 heteroatoms. The topological polar surface area (TPSA) is 77.8 Å². The van der Waals surface area contributed by atoms with E-state index in [1.807, 2.05) is 12.1 Å². The van der Waals surface area contributed by atoms with Crippen molar-refractivity contribution in [2.24, 2.45) is 0 Å². The summed E-state index contributed by atoms with van der Waals surface area (Å²) in [6.45, 7) is 5.02. The van der Waals surface area contributed by atoms with Crippen LogP contribution in [0.25, 0.3) is 11.1 Å². The molecule has 0 radical (unpaired) electrons. The van der Waals surface area contributed by atoms with Crippen LogP contribution in [0.5, 0.6) is 5.75 Å². The van der Waals surface area contributed by atoms with Gasteiger partial charge in [0.05, 0.1) is 0 Å². The minimum absolute atomic E-state index is 0.0418. The van der Waals surface area contributed by atoms with Crippen LogP contribution in [0.4, 0.5) is 0 Å². The van der Waals surface area contributed by atoms with E-state index in [1.54, 1.807) is 11.0 Å². The molecule has 190 valence electrons. The van der Waals surface area contributed by atoms with E-state index in [0.717, 1.165) is 36.8 Å². The van der Waals surface area contributed by atoms with Crippen LogP contribution in [0.1, 0.15) is 79.4 Å². The third-order valence-corrected chi connectivity index (χ3v) is 6.45. The van der Waals surface area contributed by atoms with Gasteiger partial charge in [-0.2, -0.15) is 0 Å². The molecule has 1 amide bonds. The molecule has 0 heterocycles. The number of rotatable bonds is 13. The number of nitrogens with zero attached hydrogens (tertiary/aromatic N) is 1. The maximum Gasteiger partial charge on any atom is 0.339 e. The minimum Gasteiger partial charge on any atom is -0.507 e. The molecular weight excluding hydrogens is 450 g/mol. The summed E-state index contributed by atoms with van der Waals surface area (Å²) in [6, 6.07) is 21.5. The Labute approximate surface area is 214 Å². The fraction of sp³-hybridized carbons (Fsp3) is 0.355. The molecule has 5 nitrogen and oxygen atoms in total. The van der Waals surface area contributed by atoms with E-state index in [9.17, 15) is 19.8 Å². The predicted molar refractivity (Wildman–Crippen MR) is 144 cm³/mol. The van der Waals surface area contributed by atoms with Crippen LogP contribution in [0, 0.1) is 0 Å². The number of carbonyl (C=O) groups excluding carboxylic acids is 1. The van der Waals surface area contributed by atoms with Gasteiger partial charge in [0.1, 0.15) is 11.3 Å². The first-order chi connectivity index (χ1) is 17.4. The zero-order chi connectivity index (χ0) is 25.9. The number of carboxylic acid groups (broad SMARTS) is 1. The number of phenols is 1. The number of aromatic hydroxyl groups is 1. The summed E-state index contributed by atoms with van der Waals surface area (Å²) in [6.07, 6.45) is 6.81. The molecule has 0 saturated heterocycles. The fourth-order valence-electron chi connectivity index (χ4n) is 4.26. The predicted octanol–water partition coefficient (Wildman–Crippen LogP) is 7.21. The van der Waals surface area contributed by atoms with Crippen LogP contribution in [0.2, 0.25) is 0 Å². The molecular formula is C31H37NO4. The lowest BCUT2D eigenvalue weighted by Gasteiger charge is -2.24. The van der Waals surface area contributed by atoms with Crippen LogP contribution in [0.3, 0.4) is 0 Å². The van der Waals surface area contributed by atoms with E-state index in [1.165, 1.54) is 36.1 Å². The summed E-state index contributed by atoms with van der Waals surface area (Å²) in [5.41, 5.74) is 5.18. The molecule has 0 fully saturated rings. The van der Waals surface area contributed by atoms with Gasteiger partial charge in [0.15, 0.2) is 0 Å². The van der Waals surface area contributed by atoms with E-state index >= 15 is 0 Å². The first-order valence-corrected chi connectivity index (χ1v) is 12.9. The van der Waals surface area contributed by atoms with E-state index < -0.39 is 5.97 Å². The molecule has 36 heavy (non-hydrogen) atoms. The summed E-state index contributed by atoms with van der Waals surface area (Å²) < 4.78 is 0. The van der Waals surface area contributed by atoms with E-state index in [4.69, 9.17) is 0 Å². The van der Waals surface area contributed by atoms with E-state index in [-0.39, 0.29) is 23.8 Å². The third-order valence-electron chi connectivity index (χ3n) is 6.45. The largest absolute Gasteiger partial charge is 0.507 e. The molecule has 0 aromatic heterocycles. The van der Waals surface area contributed by atoms with Crippen LogP contribution < -0.4 is 0 Å². The zero-order valence-electron chi connectivity index (χ0n) is 21.4. The highest BCUT2D eigenvalue weighted by atomic mass is 16.4. The molecule has 0 aliphatic heterocycles. The van der Waals surface area contributed by atoms with Crippen LogP contribution in [-0.2, 0) is 24.3 Å². The number of carboxylic acids is 1. The average molecular weight is 488 g/mol. The van der Waals surface area contributed by atoms with Crippen molar-refractivity contribution < 1.29 is 19.8 Å². The molecule has 0 atom stereocenters. The van der Waals surface area contributed by atoms with Crippen molar-refractivity contribution in [1.29, 1.82) is 0 Å². The van der Waals surface area contributed by atoms with E-state index in [2.05, 4.69) is 50.2 Å². The first-order valence-electron chi connectivity index (χ1n) is 12.9. The standard InChI is InChI=1S/C31H37NO4/c1-3-5-7-9-30(34)32(22-25-14-19-29(33)28(20-25)31(35)36)21-24-12-17-27(18-13-24)26-15-10-23(11-16-26)8-6-4-2/h10-20,33H,3-9,21-22H2,1-2H3,(H,35,36). The molecule has 0 aliphatic carbocycles. The number of hydrogen-bond donors (Lipinski definition) is 2. The van der Waals surface area contributed by atoms with Crippen molar-refractivity contribution in [2.75, 3.05) is 0 Å². The number of unbranched alkanes of at least 4 members (excludes halogenated alkanes) is 3. The monoisotopic (exact) mass is 487 g/mol. The molecule has 0 aliphatic rings. The van der Waals surface area contributed by atoms with Crippen LogP contribution >= 0.6 is 0 Å². The van der Waals surface area contributed by atoms with Gasteiger partial charge in [-0.05, 0) is 59.2 Å². The molecule has 3 rings (SSSR count). The van der Waals surface area contributed by atoms with Crippen molar-refractivity contribution in [2.45, 2.75) is 71.9 Å². The highest BCUT2D eigenvalue weighted by Crippen LogP contribution is 2.24. The lowest BCUT2D eigenvalue weighted by molar-refractivity contribution is -0.132. The molecule has 0 spiro atoms. The van der Waals surface area contributed by atoms with Gasteiger partial charge in [-0.15, -0.1) is 0 Å². The number of aryl methyl sites for hydroxylation is 1. The number of benzene rings is 3. The zero-order valence-corrected chi connectivity index (χ0v) is 21.4. The van der Waals surface area contributed by atoms with Gasteiger partial charge in [-0.25, -0.2) is 4.79 Å². The van der Waals surface area contributed by atoms with Gasteiger partial charge in [0, 0.05) is 19.5 Å². The minimum atomic E-state index is -1.19. The number of aromatic carboxylic acids is 1. The van der Waals surface area contributed by atoms with Crippen LogP contribution in [0.15, 0.2) is 66.7 Å². The third kappa shape index (κ3) is 7.70. The molecule has 3 aromatic rings. The second-order valence-electron chi connectivity index (χ2n) is 9.36. The molecule has 0 unspecified atom stereocenters. The Morgan fingerprint density at radius 1 is 0.722 bits per heavy atom. The lowest BCUT2D eigenvalue weighted by Crippen LogP contribution is -2.30. The summed E-state index contributed by atoms with van der Waals surface area (Å²) in [7, 11) is 0. The Bertz CT molecular complexity index is 1140. The molecule has 0 saturated carbocycles. The number of carbonyl (C=O) groups is 2. The normalized spacial score (nSPS) is 10.8. The van der Waals surface area contributed by atoms with Gasteiger partial charge in [-0.1, -0.05) is 87.7 Å². The van der Waals surface area contributed by atoms with Crippen molar-refractivity contribution in [1.82, 2.24) is 4.90 Å². The molecule has 0 bridgehead atoms. The van der Waals surface area contributed by atoms with Gasteiger partial charge in [0.2, 0.25) is 5.91 Å². The summed E-state index contributed by atoms with van der Waals surface area (Å²) >= 11 is 0. The SMILES string of the molecule is CCCCCC(=O)N(Cc1ccc(-c2ccc(CCCC)cc2)cc1)Cc1ccc(O)c(C(=O)O)c1. The summed E-state index contributed by atoms with van der Waals surface area (Å²) in [5, 5.41) is 19.2. The quantitative estimate of drug-likeness (QED) is 0.250. The van der Waals surface area contributed by atoms with Gasteiger partial charge in [-0.3, -0.25) is 4.79 Å². The second-order valence-corrected chi connectivity index (χ2v) is 9.36. The van der Waals surface area contributed by atoms with Crippen molar-refractivity contribution in [3.8, 4) is 16.9 Å². The highest BCUT2D eigenvalue weighted by Gasteiger charge is 2.17. The summed E-state index contributed by atoms with van der Waals surface area (Å²) in [4.78, 5) is 26.3. The Morgan fingerprint density at radius 3 is 1.86 bits per heavy atom. The highest BCUT2D eigenvalue weighted by molar-refractivity contribution is 5.91. The van der Waals surface area contributed by atoms with Crippen molar-refractivity contribution in [3.63, 3.8) is 0 Å². The van der Waals surface area contributed by atoms with Gasteiger partial charge < -0.3 is 15.1 Å². The van der Waals surface area contributed by atoms with E-state index in [0.29, 0.717) is 18.5 Å². The maximum atomic E-state index is 13.1. The van der Waals surface area contributed by atoms with Gasteiger partial charge in [0.25, 0.3) is 0 Å². The smallest absolute Gasteiger partial charge is 0.339 e. The summed E-state index contributed by atoms with van der Waals surface area (Å²) in [5.74, 6) is -1.43. The molecule has 2 N–H and O–H groups in total. The Kier molecular flexibility index (Phi) is 10.1. The van der Waals surface area contributed by atoms with Crippen molar-refractivity contribution in [3.05, 3.63) is 89.0 Å². The first kappa shape index (κ1) is 27.0.